The summed E-state index contributed by atoms with van der Waals surface area (Å²) < 4.78 is 13.8. The number of allylic oxidation sites excluding steroid dienone is 3. The van der Waals surface area contributed by atoms with E-state index in [0.717, 1.165) is 35.5 Å². The number of benzene rings is 1. The average molecular weight is 319 g/mol. The molecule has 0 saturated carbocycles. The van der Waals surface area contributed by atoms with Gasteiger partial charge < -0.3 is 14.0 Å². The van der Waals surface area contributed by atoms with Gasteiger partial charge >= 0.3 is 5.97 Å². The summed E-state index contributed by atoms with van der Waals surface area (Å²) in [7, 11) is 0. The second kappa shape index (κ2) is 5.89. The molecular weight excluding hydrogens is 302 g/mol. The van der Waals surface area contributed by atoms with Gasteiger partial charge in [0, 0.05) is 18.7 Å². The van der Waals surface area contributed by atoms with E-state index < -0.39 is 0 Å². The lowest BCUT2D eigenvalue weighted by Crippen LogP contribution is -2.08. The molecule has 0 fully saturated rings. The number of rotatable bonds is 2. The predicted molar refractivity (Wildman–Crippen MR) is 91.5 cm³/mol. The molecule has 0 radical (unpaired) electrons. The Balaban J connectivity index is 1.98. The SMILES string of the molecule is CC(=O)OC1=C(C2=CCCC=C2)Oc2ccccc2-n2cccc21. The fourth-order valence-electron chi connectivity index (χ4n) is 3.01. The first-order valence-corrected chi connectivity index (χ1v) is 7.99. The first-order valence-electron chi connectivity index (χ1n) is 7.99. The molecule has 0 unspecified atom stereocenters. The monoisotopic (exact) mass is 319 g/mol. The third-order valence-electron chi connectivity index (χ3n) is 4.03. The van der Waals surface area contributed by atoms with Crippen molar-refractivity contribution in [3.63, 3.8) is 0 Å². The quantitative estimate of drug-likeness (QED) is 0.771. The summed E-state index contributed by atoms with van der Waals surface area (Å²) in [4.78, 5) is 11.7. The van der Waals surface area contributed by atoms with Crippen molar-refractivity contribution in [2.45, 2.75) is 19.8 Å². The van der Waals surface area contributed by atoms with E-state index in [0.29, 0.717) is 11.5 Å². The van der Waals surface area contributed by atoms with E-state index in [2.05, 4.69) is 12.2 Å². The van der Waals surface area contributed by atoms with Crippen LogP contribution in [0.2, 0.25) is 0 Å². The Kier molecular flexibility index (Phi) is 3.58. The molecule has 0 bridgehead atoms. The van der Waals surface area contributed by atoms with E-state index in [1.807, 2.05) is 53.2 Å². The lowest BCUT2D eigenvalue weighted by atomic mass is 10.0. The summed E-state index contributed by atoms with van der Waals surface area (Å²) in [5, 5.41) is 0. The van der Waals surface area contributed by atoms with Gasteiger partial charge in [-0.25, -0.2) is 0 Å². The van der Waals surface area contributed by atoms with Crippen LogP contribution in [0.4, 0.5) is 0 Å². The normalized spacial score (nSPS) is 15.8. The number of hydrogen-bond donors (Lipinski definition) is 0. The number of para-hydroxylation sites is 2. The van der Waals surface area contributed by atoms with Gasteiger partial charge in [0.05, 0.1) is 11.4 Å². The van der Waals surface area contributed by atoms with Crippen LogP contribution in [-0.4, -0.2) is 10.5 Å². The Morgan fingerprint density at radius 2 is 2.04 bits per heavy atom. The molecule has 0 saturated heterocycles. The maximum absolute atomic E-state index is 11.7. The second-order valence-corrected chi connectivity index (χ2v) is 5.72. The van der Waals surface area contributed by atoms with Crippen molar-refractivity contribution in [3.05, 3.63) is 77.8 Å². The molecule has 0 N–H and O–H groups in total. The minimum atomic E-state index is -0.370. The van der Waals surface area contributed by atoms with Gasteiger partial charge in [-0.15, -0.1) is 0 Å². The molecule has 0 amide bonds. The average Bonchev–Trinajstić information content (AvgIpc) is 3.04. The van der Waals surface area contributed by atoms with Crippen molar-refractivity contribution >= 4 is 11.7 Å². The molecule has 0 spiro atoms. The summed E-state index contributed by atoms with van der Waals surface area (Å²) >= 11 is 0. The van der Waals surface area contributed by atoms with Crippen LogP contribution in [-0.2, 0) is 9.53 Å². The predicted octanol–water partition coefficient (Wildman–Crippen LogP) is 4.38. The van der Waals surface area contributed by atoms with Gasteiger partial charge in [-0.05, 0) is 37.1 Å². The molecule has 0 atom stereocenters. The molecule has 1 aliphatic carbocycles. The molecule has 1 aromatic heterocycles. The number of aromatic nitrogens is 1. The molecule has 120 valence electrons. The molecule has 24 heavy (non-hydrogen) atoms. The van der Waals surface area contributed by atoms with Crippen molar-refractivity contribution < 1.29 is 14.3 Å². The van der Waals surface area contributed by atoms with Crippen molar-refractivity contribution in [3.8, 4) is 11.4 Å². The van der Waals surface area contributed by atoms with Crippen molar-refractivity contribution in [2.24, 2.45) is 0 Å². The summed E-state index contributed by atoms with van der Waals surface area (Å²) in [6.07, 6.45) is 10.1. The van der Waals surface area contributed by atoms with Crippen LogP contribution in [0.15, 0.2) is 72.2 Å². The Morgan fingerprint density at radius 1 is 1.17 bits per heavy atom. The highest BCUT2D eigenvalue weighted by Gasteiger charge is 2.26. The number of fused-ring (bicyclic) bond motifs is 3. The Labute approximate surface area is 140 Å². The summed E-state index contributed by atoms with van der Waals surface area (Å²) in [5.74, 6) is 1.38. The lowest BCUT2D eigenvalue weighted by Gasteiger charge is -2.15. The summed E-state index contributed by atoms with van der Waals surface area (Å²) in [5.41, 5.74) is 2.64. The molecular formula is C20H17NO3. The highest BCUT2D eigenvalue weighted by Crippen LogP contribution is 2.38. The zero-order valence-corrected chi connectivity index (χ0v) is 13.4. The minimum Gasteiger partial charge on any atom is -0.451 e. The third-order valence-corrected chi connectivity index (χ3v) is 4.03. The van der Waals surface area contributed by atoms with Crippen LogP contribution in [0.1, 0.15) is 25.5 Å². The van der Waals surface area contributed by atoms with E-state index in [4.69, 9.17) is 9.47 Å². The largest absolute Gasteiger partial charge is 0.451 e. The molecule has 4 nitrogen and oxygen atoms in total. The van der Waals surface area contributed by atoms with Crippen LogP contribution < -0.4 is 4.74 Å². The van der Waals surface area contributed by atoms with E-state index in [-0.39, 0.29) is 5.97 Å². The number of carbonyl (C=O) groups excluding carboxylic acids is 1. The van der Waals surface area contributed by atoms with Crippen molar-refractivity contribution in [1.82, 2.24) is 4.57 Å². The molecule has 1 aromatic carbocycles. The van der Waals surface area contributed by atoms with Gasteiger partial charge in [-0.1, -0.05) is 30.4 Å². The van der Waals surface area contributed by atoms with Crippen LogP contribution in [0, 0.1) is 0 Å². The van der Waals surface area contributed by atoms with Gasteiger partial charge in [-0.2, -0.15) is 0 Å². The number of ether oxygens (including phenoxy) is 2. The highest BCUT2D eigenvalue weighted by atomic mass is 16.6. The fourth-order valence-corrected chi connectivity index (χ4v) is 3.01. The van der Waals surface area contributed by atoms with E-state index in [9.17, 15) is 4.79 Å². The molecule has 2 aliphatic rings. The van der Waals surface area contributed by atoms with Gasteiger partial charge in [0.1, 0.15) is 0 Å². The minimum absolute atomic E-state index is 0.370. The maximum atomic E-state index is 11.7. The van der Waals surface area contributed by atoms with Gasteiger partial charge in [0.25, 0.3) is 0 Å². The van der Waals surface area contributed by atoms with E-state index in [1.54, 1.807) is 0 Å². The maximum Gasteiger partial charge on any atom is 0.308 e. The van der Waals surface area contributed by atoms with Crippen LogP contribution >= 0.6 is 0 Å². The zero-order valence-electron chi connectivity index (χ0n) is 13.4. The molecule has 4 heteroatoms. The number of nitrogens with zero attached hydrogens (tertiary/aromatic N) is 1. The lowest BCUT2D eigenvalue weighted by molar-refractivity contribution is -0.134. The van der Waals surface area contributed by atoms with Crippen molar-refractivity contribution in [2.75, 3.05) is 0 Å². The van der Waals surface area contributed by atoms with Crippen LogP contribution in [0.3, 0.4) is 0 Å². The first-order chi connectivity index (χ1) is 11.7. The van der Waals surface area contributed by atoms with Gasteiger partial charge in [-0.3, -0.25) is 4.79 Å². The Bertz CT molecular complexity index is 899. The smallest absolute Gasteiger partial charge is 0.308 e. The third kappa shape index (κ3) is 2.46. The molecule has 2 aromatic rings. The summed E-state index contributed by atoms with van der Waals surface area (Å²) in [6.45, 7) is 1.40. The first kappa shape index (κ1) is 14.6. The van der Waals surface area contributed by atoms with Gasteiger partial charge in [0.2, 0.25) is 0 Å². The fraction of sp³-hybridized carbons (Fsp3) is 0.150. The van der Waals surface area contributed by atoms with E-state index >= 15 is 0 Å². The Morgan fingerprint density at radius 3 is 2.83 bits per heavy atom. The number of esters is 1. The van der Waals surface area contributed by atoms with Crippen LogP contribution in [0.5, 0.6) is 5.75 Å². The molecule has 4 rings (SSSR count). The topological polar surface area (TPSA) is 40.5 Å². The number of hydrogen-bond acceptors (Lipinski definition) is 3. The van der Waals surface area contributed by atoms with Gasteiger partial charge in [0.15, 0.2) is 17.3 Å². The van der Waals surface area contributed by atoms with E-state index in [1.165, 1.54) is 6.92 Å². The summed E-state index contributed by atoms with van der Waals surface area (Å²) in [6, 6.07) is 11.7. The van der Waals surface area contributed by atoms with Crippen LogP contribution in [0.25, 0.3) is 11.4 Å². The highest BCUT2D eigenvalue weighted by molar-refractivity contribution is 5.80. The molecule has 2 heterocycles. The zero-order chi connectivity index (χ0) is 16.5. The van der Waals surface area contributed by atoms with Crippen molar-refractivity contribution in [1.29, 1.82) is 0 Å². The Hall–Kier alpha value is -3.01. The molecule has 1 aliphatic heterocycles. The number of carbonyl (C=O) groups is 1. The second-order valence-electron chi connectivity index (χ2n) is 5.72. The standard InChI is InChI=1S/C20H17NO3/c1-14(22)23-20-17-11-7-13-21(17)16-10-5-6-12-18(16)24-19(20)15-8-3-2-4-9-15/h3,5-13H,2,4H2,1H3.